The van der Waals surface area contributed by atoms with E-state index in [-0.39, 0.29) is 23.7 Å². The summed E-state index contributed by atoms with van der Waals surface area (Å²) in [7, 11) is 0. The zero-order chi connectivity index (χ0) is 19.9. The summed E-state index contributed by atoms with van der Waals surface area (Å²) in [5, 5.41) is 11.4. The maximum Gasteiger partial charge on any atom is 0.230 e. The van der Waals surface area contributed by atoms with Crippen molar-refractivity contribution < 1.29 is 9.53 Å². The van der Waals surface area contributed by atoms with Crippen LogP contribution >= 0.6 is 11.8 Å². The number of nitrogens with one attached hydrogen (secondary N) is 1. The van der Waals surface area contributed by atoms with Crippen molar-refractivity contribution in [3.05, 3.63) is 35.7 Å². The van der Waals surface area contributed by atoms with E-state index < -0.39 is 0 Å². The van der Waals surface area contributed by atoms with Gasteiger partial charge in [0.25, 0.3) is 0 Å². The Morgan fingerprint density at radius 1 is 1.26 bits per heavy atom. The number of thioether (sulfide) groups is 1. The first-order chi connectivity index (χ1) is 12.8. The van der Waals surface area contributed by atoms with Crippen LogP contribution in [0.3, 0.4) is 0 Å². The maximum absolute atomic E-state index is 11.8. The van der Waals surface area contributed by atoms with Crippen LogP contribution in [0.15, 0.2) is 29.4 Å². The highest BCUT2D eigenvalue weighted by atomic mass is 32.2. The van der Waals surface area contributed by atoms with Crippen LogP contribution in [0.25, 0.3) is 0 Å². The molecule has 148 valence electrons. The number of amides is 1. The summed E-state index contributed by atoms with van der Waals surface area (Å²) in [5.41, 5.74) is 1.35. The molecular formula is C19H29N5O2S. The van der Waals surface area contributed by atoms with E-state index >= 15 is 0 Å². The highest BCUT2D eigenvalue weighted by molar-refractivity contribution is 7.99. The average molecular weight is 392 g/mol. The number of hydrogen-bond acceptors (Lipinski definition) is 6. The summed E-state index contributed by atoms with van der Waals surface area (Å²) in [5.74, 6) is 7.49. The van der Waals surface area contributed by atoms with Crippen LogP contribution in [0.1, 0.15) is 51.9 Å². The van der Waals surface area contributed by atoms with E-state index in [1.165, 1.54) is 22.0 Å². The SMILES string of the molecule is CCCCNC(=O)CSc1nnc(COc2ccc(C(C)(C)C)cc2)n1N. The molecule has 0 fully saturated rings. The molecule has 1 amide bonds. The second-order valence-electron chi connectivity index (χ2n) is 7.32. The molecule has 0 saturated heterocycles. The zero-order valence-electron chi connectivity index (χ0n) is 16.5. The Morgan fingerprint density at radius 2 is 1.96 bits per heavy atom. The summed E-state index contributed by atoms with van der Waals surface area (Å²) in [6, 6.07) is 7.99. The molecule has 3 N–H and O–H groups in total. The lowest BCUT2D eigenvalue weighted by Gasteiger charge is -2.19. The summed E-state index contributed by atoms with van der Waals surface area (Å²) in [4.78, 5) is 11.8. The van der Waals surface area contributed by atoms with Crippen LogP contribution in [0, 0.1) is 0 Å². The number of nitrogen functional groups attached to an aromatic ring is 1. The van der Waals surface area contributed by atoms with Crippen molar-refractivity contribution in [3.8, 4) is 5.75 Å². The third-order valence-electron chi connectivity index (χ3n) is 4.01. The molecular weight excluding hydrogens is 362 g/mol. The molecule has 7 nitrogen and oxygen atoms in total. The van der Waals surface area contributed by atoms with E-state index in [0.717, 1.165) is 18.6 Å². The molecule has 0 spiro atoms. The van der Waals surface area contributed by atoms with E-state index in [1.54, 1.807) is 0 Å². The fraction of sp³-hybridized carbons (Fsp3) is 0.526. The van der Waals surface area contributed by atoms with Crippen LogP contribution in [0.5, 0.6) is 5.75 Å². The third-order valence-corrected chi connectivity index (χ3v) is 4.95. The number of aromatic nitrogens is 3. The van der Waals surface area contributed by atoms with Gasteiger partial charge in [0.05, 0.1) is 5.75 Å². The molecule has 0 aliphatic carbocycles. The Morgan fingerprint density at radius 3 is 2.59 bits per heavy atom. The minimum atomic E-state index is -0.0341. The Balaban J connectivity index is 1.85. The van der Waals surface area contributed by atoms with Crippen molar-refractivity contribution in [1.29, 1.82) is 0 Å². The van der Waals surface area contributed by atoms with E-state index in [1.807, 2.05) is 12.1 Å². The second-order valence-corrected chi connectivity index (χ2v) is 8.27. The summed E-state index contributed by atoms with van der Waals surface area (Å²) in [6.45, 7) is 9.50. The molecule has 2 rings (SSSR count). The topological polar surface area (TPSA) is 95.1 Å². The molecule has 8 heteroatoms. The number of unbranched alkanes of at least 4 members (excludes halogenated alkanes) is 1. The number of benzene rings is 1. The molecule has 27 heavy (non-hydrogen) atoms. The third kappa shape index (κ3) is 6.46. The lowest BCUT2D eigenvalue weighted by Crippen LogP contribution is -2.26. The van der Waals surface area contributed by atoms with Gasteiger partial charge in [-0.25, -0.2) is 4.68 Å². The largest absolute Gasteiger partial charge is 0.486 e. The van der Waals surface area contributed by atoms with Gasteiger partial charge in [-0.1, -0.05) is 58.0 Å². The zero-order valence-corrected chi connectivity index (χ0v) is 17.3. The van der Waals surface area contributed by atoms with Gasteiger partial charge in [-0.3, -0.25) is 4.79 Å². The van der Waals surface area contributed by atoms with Crippen molar-refractivity contribution in [2.24, 2.45) is 0 Å². The van der Waals surface area contributed by atoms with Crippen molar-refractivity contribution in [2.45, 2.75) is 57.7 Å². The average Bonchev–Trinajstić information content (AvgIpc) is 2.98. The number of carbonyl (C=O) groups is 1. The van der Waals surface area contributed by atoms with Gasteiger partial charge in [-0.15, -0.1) is 10.2 Å². The van der Waals surface area contributed by atoms with Crippen molar-refractivity contribution in [1.82, 2.24) is 20.2 Å². The number of carbonyl (C=O) groups excluding carboxylic acids is 1. The Labute approximate surface area is 165 Å². The molecule has 1 aromatic heterocycles. The lowest BCUT2D eigenvalue weighted by molar-refractivity contribution is -0.118. The van der Waals surface area contributed by atoms with Gasteiger partial charge in [-0.05, 0) is 29.5 Å². The first kappa shape index (κ1) is 21.1. The van der Waals surface area contributed by atoms with Gasteiger partial charge in [0.15, 0.2) is 5.82 Å². The molecule has 1 heterocycles. The molecule has 0 bridgehead atoms. The number of hydrogen-bond donors (Lipinski definition) is 2. The molecule has 0 radical (unpaired) electrons. The maximum atomic E-state index is 11.8. The van der Waals surface area contributed by atoms with E-state index in [2.05, 4.69) is 55.3 Å². The molecule has 2 aromatic rings. The van der Waals surface area contributed by atoms with E-state index in [0.29, 0.717) is 17.5 Å². The predicted molar refractivity (Wildman–Crippen MR) is 108 cm³/mol. The van der Waals surface area contributed by atoms with Crippen LogP contribution in [-0.4, -0.2) is 33.1 Å². The van der Waals surface area contributed by atoms with Crippen LogP contribution in [-0.2, 0) is 16.8 Å². The number of nitrogens with two attached hydrogens (primary N) is 1. The van der Waals surface area contributed by atoms with Crippen molar-refractivity contribution in [3.63, 3.8) is 0 Å². The summed E-state index contributed by atoms with van der Waals surface area (Å²) < 4.78 is 7.12. The summed E-state index contributed by atoms with van der Waals surface area (Å²) in [6.07, 6.45) is 2.02. The quantitative estimate of drug-likeness (QED) is 0.388. The van der Waals surface area contributed by atoms with Crippen molar-refractivity contribution >= 4 is 17.7 Å². The Bertz CT molecular complexity index is 738. The van der Waals surface area contributed by atoms with Crippen molar-refractivity contribution in [2.75, 3.05) is 18.1 Å². The van der Waals surface area contributed by atoms with Gasteiger partial charge >= 0.3 is 0 Å². The normalized spacial score (nSPS) is 11.4. The molecule has 1 aromatic carbocycles. The fourth-order valence-electron chi connectivity index (χ4n) is 2.29. The first-order valence-electron chi connectivity index (χ1n) is 9.13. The van der Waals surface area contributed by atoms with Crippen LogP contribution in [0.2, 0.25) is 0 Å². The minimum absolute atomic E-state index is 0.0341. The molecule has 0 saturated carbocycles. The predicted octanol–water partition coefficient (Wildman–Crippen LogP) is 2.88. The number of ether oxygens (including phenoxy) is 1. The van der Waals surface area contributed by atoms with E-state index in [4.69, 9.17) is 10.6 Å². The second kappa shape index (κ2) is 9.64. The summed E-state index contributed by atoms with van der Waals surface area (Å²) >= 11 is 1.26. The Hall–Kier alpha value is -2.22. The highest BCUT2D eigenvalue weighted by Crippen LogP contribution is 2.24. The smallest absolute Gasteiger partial charge is 0.230 e. The van der Waals surface area contributed by atoms with Gasteiger partial charge in [0.2, 0.25) is 11.1 Å². The number of nitrogens with zero attached hydrogens (tertiary/aromatic N) is 3. The molecule has 0 aliphatic heterocycles. The van der Waals surface area contributed by atoms with E-state index in [9.17, 15) is 4.79 Å². The monoisotopic (exact) mass is 391 g/mol. The molecule has 0 unspecified atom stereocenters. The fourth-order valence-corrected chi connectivity index (χ4v) is 2.99. The molecule has 0 atom stereocenters. The first-order valence-corrected chi connectivity index (χ1v) is 10.1. The van der Waals surface area contributed by atoms with Crippen LogP contribution in [0.4, 0.5) is 0 Å². The molecule has 0 aliphatic rings. The van der Waals surface area contributed by atoms with Crippen LogP contribution < -0.4 is 15.9 Å². The van der Waals surface area contributed by atoms with Gasteiger partial charge < -0.3 is 15.9 Å². The lowest BCUT2D eigenvalue weighted by atomic mass is 9.87. The minimum Gasteiger partial charge on any atom is -0.486 e. The standard InChI is InChI=1S/C19H29N5O2S/c1-5-6-11-21-17(25)13-27-18-23-22-16(24(18)20)12-26-15-9-7-14(8-10-15)19(2,3)4/h7-10H,5-6,11-13,20H2,1-4H3,(H,21,25). The highest BCUT2D eigenvalue weighted by Gasteiger charge is 2.14. The van der Waals surface area contributed by atoms with Gasteiger partial charge in [0, 0.05) is 6.54 Å². The van der Waals surface area contributed by atoms with Gasteiger partial charge in [-0.2, -0.15) is 0 Å². The number of rotatable bonds is 9. The Kier molecular flexibility index (Phi) is 7.53. The van der Waals surface area contributed by atoms with Gasteiger partial charge in [0.1, 0.15) is 12.4 Å².